The highest BCUT2D eigenvalue weighted by Gasteiger charge is 2.38. The fourth-order valence-corrected chi connectivity index (χ4v) is 3.96. The molecule has 0 bridgehead atoms. The molecule has 0 unspecified atom stereocenters. The van der Waals surface area contributed by atoms with E-state index in [4.69, 9.17) is 23.4 Å². The molecule has 0 aliphatic carbocycles. The molecule has 0 amide bonds. The summed E-state index contributed by atoms with van der Waals surface area (Å²) in [4.78, 5) is 25.2. The summed E-state index contributed by atoms with van der Waals surface area (Å²) >= 11 is 0. The predicted octanol–water partition coefficient (Wildman–Crippen LogP) is 4.35. The summed E-state index contributed by atoms with van der Waals surface area (Å²) in [5.41, 5.74) is 1.89. The Bertz CT molecular complexity index is 1220. The summed E-state index contributed by atoms with van der Waals surface area (Å²) in [6.07, 6.45) is 3.18. The molecule has 7 nitrogen and oxygen atoms in total. The SMILES string of the molecule is COc1ccc([C@H]2CC(=O)Oc3ccc4c(c32)O/C(=C\c2ccco2)C4=O)cc1OC. The quantitative estimate of drug-likeness (QED) is 0.354. The standard InChI is InChI=1S/C24H18O7/c1-27-17-7-5-13(10-19(17)28-2)16-12-21(25)30-18-8-6-15-23(26)20(31-24(15)22(16)18)11-14-4-3-9-29-14/h3-11,16H,12H2,1-2H3/b20-11-/t16-/m1/s1. The van der Waals surface area contributed by atoms with Gasteiger partial charge in [-0.3, -0.25) is 9.59 Å². The van der Waals surface area contributed by atoms with Crippen molar-refractivity contribution in [3.05, 3.63) is 76.9 Å². The van der Waals surface area contributed by atoms with Crippen LogP contribution in [0.2, 0.25) is 0 Å². The number of furan rings is 1. The highest BCUT2D eigenvalue weighted by Crippen LogP contribution is 2.49. The zero-order valence-electron chi connectivity index (χ0n) is 16.8. The van der Waals surface area contributed by atoms with Crippen LogP contribution in [-0.2, 0) is 4.79 Å². The van der Waals surface area contributed by atoms with Crippen molar-refractivity contribution in [1.82, 2.24) is 0 Å². The van der Waals surface area contributed by atoms with Gasteiger partial charge in [-0.05, 0) is 42.0 Å². The van der Waals surface area contributed by atoms with E-state index < -0.39 is 0 Å². The van der Waals surface area contributed by atoms with Crippen molar-refractivity contribution < 1.29 is 33.0 Å². The Kier molecular flexibility index (Phi) is 4.51. The van der Waals surface area contributed by atoms with Gasteiger partial charge in [0.1, 0.15) is 17.3 Å². The monoisotopic (exact) mass is 418 g/mol. The molecular weight excluding hydrogens is 400 g/mol. The third kappa shape index (κ3) is 3.15. The molecule has 7 heteroatoms. The van der Waals surface area contributed by atoms with Gasteiger partial charge in [0.2, 0.25) is 5.78 Å². The average Bonchev–Trinajstić information content (AvgIpc) is 3.40. The van der Waals surface area contributed by atoms with E-state index in [2.05, 4.69) is 0 Å². The number of ether oxygens (including phenoxy) is 4. The maximum Gasteiger partial charge on any atom is 0.312 e. The van der Waals surface area contributed by atoms with Crippen LogP contribution < -0.4 is 18.9 Å². The van der Waals surface area contributed by atoms with Crippen molar-refractivity contribution in [2.24, 2.45) is 0 Å². The lowest BCUT2D eigenvalue weighted by atomic mass is 9.84. The summed E-state index contributed by atoms with van der Waals surface area (Å²) in [5, 5.41) is 0. The molecule has 2 aromatic carbocycles. The summed E-state index contributed by atoms with van der Waals surface area (Å²) in [7, 11) is 3.11. The Hall–Kier alpha value is -4.00. The minimum Gasteiger partial charge on any atom is -0.493 e. The van der Waals surface area contributed by atoms with Gasteiger partial charge in [-0.2, -0.15) is 0 Å². The first-order valence-corrected chi connectivity index (χ1v) is 9.66. The van der Waals surface area contributed by atoms with Gasteiger partial charge in [-0.15, -0.1) is 0 Å². The molecule has 2 aliphatic rings. The van der Waals surface area contributed by atoms with Crippen molar-refractivity contribution in [3.63, 3.8) is 0 Å². The molecule has 1 aromatic heterocycles. The minimum atomic E-state index is -0.373. The molecule has 3 heterocycles. The van der Waals surface area contributed by atoms with Crippen LogP contribution >= 0.6 is 0 Å². The molecule has 0 radical (unpaired) electrons. The van der Waals surface area contributed by atoms with Crippen molar-refractivity contribution >= 4 is 17.8 Å². The van der Waals surface area contributed by atoms with Gasteiger partial charge < -0.3 is 23.4 Å². The number of Topliss-reactive ketones (excluding diaryl/α,β-unsaturated/α-hetero) is 1. The van der Waals surface area contributed by atoms with Crippen LogP contribution in [0.1, 0.15) is 39.6 Å². The van der Waals surface area contributed by atoms with E-state index in [0.717, 1.165) is 5.56 Å². The van der Waals surface area contributed by atoms with Gasteiger partial charge in [0.15, 0.2) is 17.3 Å². The second kappa shape index (κ2) is 7.36. The Morgan fingerprint density at radius 3 is 2.58 bits per heavy atom. The summed E-state index contributed by atoms with van der Waals surface area (Å²) < 4.78 is 27.5. The Morgan fingerprint density at radius 1 is 1.00 bits per heavy atom. The number of methoxy groups -OCH3 is 2. The molecule has 0 N–H and O–H groups in total. The number of hydrogen-bond donors (Lipinski definition) is 0. The lowest BCUT2D eigenvalue weighted by Gasteiger charge is -2.26. The van der Waals surface area contributed by atoms with Crippen LogP contribution in [0.5, 0.6) is 23.0 Å². The van der Waals surface area contributed by atoms with Crippen LogP contribution in [0.15, 0.2) is 58.9 Å². The van der Waals surface area contributed by atoms with Gasteiger partial charge in [0.05, 0.1) is 32.5 Å². The molecular formula is C24H18O7. The Balaban J connectivity index is 1.63. The van der Waals surface area contributed by atoms with Crippen molar-refractivity contribution in [1.29, 1.82) is 0 Å². The third-order valence-corrected chi connectivity index (χ3v) is 5.41. The highest BCUT2D eigenvalue weighted by molar-refractivity contribution is 6.15. The lowest BCUT2D eigenvalue weighted by Crippen LogP contribution is -2.21. The summed E-state index contributed by atoms with van der Waals surface area (Å²) in [6, 6.07) is 12.2. The van der Waals surface area contributed by atoms with E-state index in [0.29, 0.717) is 39.9 Å². The maximum absolute atomic E-state index is 12.9. The van der Waals surface area contributed by atoms with Crippen LogP contribution in [0.25, 0.3) is 6.08 Å². The van der Waals surface area contributed by atoms with Crippen LogP contribution in [-0.4, -0.2) is 26.0 Å². The van der Waals surface area contributed by atoms with Gasteiger partial charge in [-0.1, -0.05) is 6.07 Å². The fourth-order valence-electron chi connectivity index (χ4n) is 3.96. The molecule has 31 heavy (non-hydrogen) atoms. The molecule has 0 saturated heterocycles. The van der Waals surface area contributed by atoms with E-state index in [-0.39, 0.29) is 29.9 Å². The fraction of sp³-hybridized carbons (Fsp3) is 0.167. The Morgan fingerprint density at radius 2 is 1.84 bits per heavy atom. The molecule has 156 valence electrons. The van der Waals surface area contributed by atoms with Crippen LogP contribution in [0, 0.1) is 0 Å². The van der Waals surface area contributed by atoms with E-state index in [9.17, 15) is 9.59 Å². The van der Waals surface area contributed by atoms with E-state index in [1.807, 2.05) is 12.1 Å². The van der Waals surface area contributed by atoms with E-state index >= 15 is 0 Å². The molecule has 0 saturated carbocycles. The first-order valence-electron chi connectivity index (χ1n) is 9.66. The highest BCUT2D eigenvalue weighted by atomic mass is 16.5. The molecule has 0 fully saturated rings. The predicted molar refractivity (Wildman–Crippen MR) is 110 cm³/mol. The number of esters is 1. The van der Waals surface area contributed by atoms with Gasteiger partial charge in [-0.25, -0.2) is 0 Å². The number of carbonyl (C=O) groups is 2. The third-order valence-electron chi connectivity index (χ3n) is 5.41. The van der Waals surface area contributed by atoms with Crippen LogP contribution in [0.4, 0.5) is 0 Å². The minimum absolute atomic E-state index is 0.105. The topological polar surface area (TPSA) is 84.2 Å². The van der Waals surface area contributed by atoms with Gasteiger partial charge >= 0.3 is 5.97 Å². The molecule has 0 spiro atoms. The van der Waals surface area contributed by atoms with E-state index in [1.165, 1.54) is 6.26 Å². The molecule has 2 aliphatic heterocycles. The van der Waals surface area contributed by atoms with Gasteiger partial charge in [0.25, 0.3) is 0 Å². The smallest absolute Gasteiger partial charge is 0.312 e. The number of fused-ring (bicyclic) bond motifs is 3. The number of ketones is 1. The number of hydrogen-bond acceptors (Lipinski definition) is 7. The average molecular weight is 418 g/mol. The number of carbonyl (C=O) groups excluding carboxylic acids is 2. The zero-order chi connectivity index (χ0) is 21.5. The number of allylic oxidation sites excluding steroid dienone is 1. The first-order chi connectivity index (χ1) is 15.1. The van der Waals surface area contributed by atoms with Crippen molar-refractivity contribution in [2.75, 3.05) is 14.2 Å². The lowest BCUT2D eigenvalue weighted by molar-refractivity contribution is -0.135. The largest absolute Gasteiger partial charge is 0.493 e. The first kappa shape index (κ1) is 19.0. The van der Waals surface area contributed by atoms with Crippen LogP contribution in [0.3, 0.4) is 0 Å². The molecule has 3 aromatic rings. The van der Waals surface area contributed by atoms with E-state index in [1.54, 1.807) is 50.6 Å². The van der Waals surface area contributed by atoms with Crippen molar-refractivity contribution in [3.8, 4) is 23.0 Å². The molecule has 1 atom stereocenters. The number of rotatable bonds is 4. The van der Waals surface area contributed by atoms with Crippen molar-refractivity contribution in [2.45, 2.75) is 12.3 Å². The van der Waals surface area contributed by atoms with Gasteiger partial charge in [0, 0.05) is 17.6 Å². The normalized spacial score (nSPS) is 18.3. The second-order valence-corrected chi connectivity index (χ2v) is 7.15. The second-order valence-electron chi connectivity index (χ2n) is 7.15. The zero-order valence-corrected chi connectivity index (χ0v) is 16.8. The summed E-state index contributed by atoms with van der Waals surface area (Å²) in [6.45, 7) is 0. The Labute approximate surface area is 177 Å². The maximum atomic E-state index is 12.9. The number of benzene rings is 2. The molecule has 5 rings (SSSR count). The summed E-state index contributed by atoms with van der Waals surface area (Å²) in [5.74, 6) is 1.58.